The van der Waals surface area contributed by atoms with Crippen molar-refractivity contribution >= 4 is 28.4 Å². The highest BCUT2D eigenvalue weighted by atomic mass is 127. The van der Waals surface area contributed by atoms with E-state index in [4.69, 9.17) is 4.98 Å². The molecule has 0 unspecified atom stereocenters. The molecule has 1 aromatic rings. The SMILES string of the molecule is CCCCc1nc(NC)c(I)c(C2CCCC2)n1. The molecule has 1 heterocycles. The number of aryl methyl sites for hydroxylation is 1. The molecular formula is C14H22IN3. The van der Waals surface area contributed by atoms with E-state index >= 15 is 0 Å². The van der Waals surface area contributed by atoms with Crippen molar-refractivity contribution in [2.45, 2.75) is 57.8 Å². The quantitative estimate of drug-likeness (QED) is 0.804. The second-order valence-corrected chi connectivity index (χ2v) is 6.10. The van der Waals surface area contributed by atoms with Gasteiger partial charge < -0.3 is 5.32 Å². The van der Waals surface area contributed by atoms with Crippen molar-refractivity contribution in [2.24, 2.45) is 0 Å². The normalized spacial score (nSPS) is 16.2. The first-order chi connectivity index (χ1) is 8.76. The lowest BCUT2D eigenvalue weighted by molar-refractivity contribution is 0.668. The van der Waals surface area contributed by atoms with Crippen molar-refractivity contribution in [3.05, 3.63) is 15.1 Å². The van der Waals surface area contributed by atoms with Gasteiger partial charge in [-0.2, -0.15) is 0 Å². The summed E-state index contributed by atoms with van der Waals surface area (Å²) in [5.74, 6) is 2.69. The highest BCUT2D eigenvalue weighted by molar-refractivity contribution is 14.1. The van der Waals surface area contributed by atoms with Gasteiger partial charge >= 0.3 is 0 Å². The third-order valence-corrected chi connectivity index (χ3v) is 4.72. The molecule has 0 atom stereocenters. The number of halogens is 1. The molecule has 100 valence electrons. The Morgan fingerprint density at radius 2 is 2.00 bits per heavy atom. The van der Waals surface area contributed by atoms with Crippen LogP contribution in [0.3, 0.4) is 0 Å². The molecule has 1 N–H and O–H groups in total. The number of unbranched alkanes of at least 4 members (excludes halogenated alkanes) is 1. The topological polar surface area (TPSA) is 37.8 Å². The fraction of sp³-hybridized carbons (Fsp3) is 0.714. The molecule has 0 spiro atoms. The van der Waals surface area contributed by atoms with E-state index in [0.717, 1.165) is 18.1 Å². The Balaban J connectivity index is 2.30. The minimum atomic E-state index is 0.660. The van der Waals surface area contributed by atoms with Crippen LogP contribution in [0, 0.1) is 3.57 Å². The maximum atomic E-state index is 4.84. The van der Waals surface area contributed by atoms with Crippen molar-refractivity contribution < 1.29 is 0 Å². The molecule has 0 aliphatic heterocycles. The lowest BCUT2D eigenvalue weighted by atomic mass is 10.0. The van der Waals surface area contributed by atoms with Crippen LogP contribution in [-0.4, -0.2) is 17.0 Å². The van der Waals surface area contributed by atoms with Crippen molar-refractivity contribution in [3.63, 3.8) is 0 Å². The minimum Gasteiger partial charge on any atom is -0.372 e. The fourth-order valence-corrected chi connectivity index (χ4v) is 3.55. The first-order valence-corrected chi connectivity index (χ1v) is 8.08. The average Bonchev–Trinajstić information content (AvgIpc) is 2.91. The summed E-state index contributed by atoms with van der Waals surface area (Å²) in [6.07, 6.45) is 8.67. The molecule has 1 fully saturated rings. The summed E-state index contributed by atoms with van der Waals surface area (Å²) in [5, 5.41) is 3.22. The molecule has 1 aromatic heterocycles. The van der Waals surface area contributed by atoms with E-state index in [1.807, 2.05) is 7.05 Å². The predicted molar refractivity (Wildman–Crippen MR) is 84.1 cm³/mol. The molecule has 18 heavy (non-hydrogen) atoms. The van der Waals surface area contributed by atoms with Gasteiger partial charge in [-0.05, 0) is 41.9 Å². The van der Waals surface area contributed by atoms with Crippen LogP contribution < -0.4 is 5.32 Å². The Hall–Kier alpha value is -0.390. The summed E-state index contributed by atoms with van der Waals surface area (Å²) in [7, 11) is 1.95. The van der Waals surface area contributed by atoms with E-state index in [9.17, 15) is 0 Å². The van der Waals surface area contributed by atoms with Crippen LogP contribution in [0.4, 0.5) is 5.82 Å². The molecule has 1 aliphatic rings. The van der Waals surface area contributed by atoms with Gasteiger partial charge in [-0.3, -0.25) is 0 Å². The van der Waals surface area contributed by atoms with Crippen LogP contribution in [0.25, 0.3) is 0 Å². The third-order valence-electron chi connectivity index (χ3n) is 3.66. The predicted octanol–water partition coefficient (Wildman–Crippen LogP) is 4.12. The Morgan fingerprint density at radius 3 is 2.61 bits per heavy atom. The molecule has 4 heteroatoms. The fourth-order valence-electron chi connectivity index (χ4n) is 2.59. The van der Waals surface area contributed by atoms with Gasteiger partial charge in [-0.1, -0.05) is 26.2 Å². The van der Waals surface area contributed by atoms with E-state index in [0.29, 0.717) is 5.92 Å². The van der Waals surface area contributed by atoms with E-state index in [1.165, 1.54) is 47.8 Å². The summed E-state index contributed by atoms with van der Waals surface area (Å²) in [5.41, 5.74) is 1.29. The summed E-state index contributed by atoms with van der Waals surface area (Å²) < 4.78 is 1.22. The number of rotatable bonds is 5. The molecule has 0 amide bonds. The van der Waals surface area contributed by atoms with Crippen LogP contribution in [0.2, 0.25) is 0 Å². The van der Waals surface area contributed by atoms with Crippen molar-refractivity contribution in [2.75, 3.05) is 12.4 Å². The van der Waals surface area contributed by atoms with Crippen molar-refractivity contribution in [1.82, 2.24) is 9.97 Å². The molecule has 0 radical (unpaired) electrons. The molecule has 0 bridgehead atoms. The number of aromatic nitrogens is 2. The number of nitrogens with zero attached hydrogens (tertiary/aromatic N) is 2. The second kappa shape index (κ2) is 6.68. The van der Waals surface area contributed by atoms with E-state index in [1.54, 1.807) is 0 Å². The standard InChI is InChI=1S/C14H22IN3/c1-3-4-9-11-17-13(10-7-5-6-8-10)12(15)14(16-2)18-11/h10H,3-9H2,1-2H3,(H,16,17,18). The van der Waals surface area contributed by atoms with Crippen LogP contribution in [0.15, 0.2) is 0 Å². The van der Waals surface area contributed by atoms with Gasteiger partial charge in [-0.25, -0.2) is 9.97 Å². The largest absolute Gasteiger partial charge is 0.372 e. The second-order valence-electron chi connectivity index (χ2n) is 5.02. The number of hydrogen-bond acceptors (Lipinski definition) is 3. The summed E-state index contributed by atoms with van der Waals surface area (Å²) in [4.78, 5) is 9.47. The Morgan fingerprint density at radius 1 is 1.28 bits per heavy atom. The molecule has 2 rings (SSSR count). The summed E-state index contributed by atoms with van der Waals surface area (Å²) in [6.45, 7) is 2.21. The van der Waals surface area contributed by atoms with Crippen LogP contribution in [0.1, 0.15) is 62.9 Å². The lowest BCUT2D eigenvalue weighted by Gasteiger charge is -2.15. The summed E-state index contributed by atoms with van der Waals surface area (Å²) in [6, 6.07) is 0. The lowest BCUT2D eigenvalue weighted by Crippen LogP contribution is -2.10. The number of anilines is 1. The van der Waals surface area contributed by atoms with Gasteiger partial charge in [0.15, 0.2) is 0 Å². The maximum absolute atomic E-state index is 4.84. The zero-order valence-electron chi connectivity index (χ0n) is 11.3. The monoisotopic (exact) mass is 359 g/mol. The van der Waals surface area contributed by atoms with E-state index < -0.39 is 0 Å². The molecule has 1 aliphatic carbocycles. The number of hydrogen-bond donors (Lipinski definition) is 1. The molecule has 1 saturated carbocycles. The van der Waals surface area contributed by atoms with Crippen LogP contribution in [-0.2, 0) is 6.42 Å². The van der Waals surface area contributed by atoms with Crippen molar-refractivity contribution in [1.29, 1.82) is 0 Å². The average molecular weight is 359 g/mol. The molecule has 0 aromatic carbocycles. The first-order valence-electron chi connectivity index (χ1n) is 7.00. The molecule has 0 saturated heterocycles. The number of nitrogens with one attached hydrogen (secondary N) is 1. The van der Waals surface area contributed by atoms with Gasteiger partial charge in [0, 0.05) is 19.4 Å². The Labute approximate surface area is 123 Å². The van der Waals surface area contributed by atoms with Crippen molar-refractivity contribution in [3.8, 4) is 0 Å². The molecular weight excluding hydrogens is 337 g/mol. The third kappa shape index (κ3) is 3.13. The summed E-state index contributed by atoms with van der Waals surface area (Å²) >= 11 is 2.40. The van der Waals surface area contributed by atoms with Gasteiger partial charge in [0.1, 0.15) is 11.6 Å². The van der Waals surface area contributed by atoms with Gasteiger partial charge in [0.05, 0.1) is 9.26 Å². The smallest absolute Gasteiger partial charge is 0.143 e. The minimum absolute atomic E-state index is 0.660. The highest BCUT2D eigenvalue weighted by Crippen LogP contribution is 2.36. The Bertz CT molecular complexity index is 400. The Kier molecular flexibility index (Phi) is 5.21. The van der Waals surface area contributed by atoms with E-state index in [-0.39, 0.29) is 0 Å². The zero-order valence-corrected chi connectivity index (χ0v) is 13.5. The van der Waals surface area contributed by atoms with Crippen LogP contribution in [0.5, 0.6) is 0 Å². The molecule has 3 nitrogen and oxygen atoms in total. The first kappa shape index (κ1) is 14.0. The van der Waals surface area contributed by atoms with Gasteiger partial charge in [0.25, 0.3) is 0 Å². The van der Waals surface area contributed by atoms with Gasteiger partial charge in [0.2, 0.25) is 0 Å². The van der Waals surface area contributed by atoms with E-state index in [2.05, 4.69) is 39.8 Å². The highest BCUT2D eigenvalue weighted by Gasteiger charge is 2.23. The van der Waals surface area contributed by atoms with Crippen LogP contribution >= 0.6 is 22.6 Å². The maximum Gasteiger partial charge on any atom is 0.143 e. The zero-order chi connectivity index (χ0) is 13.0. The van der Waals surface area contributed by atoms with Gasteiger partial charge in [-0.15, -0.1) is 0 Å².